The van der Waals surface area contributed by atoms with Gasteiger partial charge in [0.25, 0.3) is 0 Å². The molecule has 130 valence electrons. The summed E-state index contributed by atoms with van der Waals surface area (Å²) in [5, 5.41) is 3.00. The highest BCUT2D eigenvalue weighted by molar-refractivity contribution is 5.76. The second-order valence-corrected chi connectivity index (χ2v) is 7.60. The van der Waals surface area contributed by atoms with Gasteiger partial charge in [-0.15, -0.1) is 0 Å². The van der Waals surface area contributed by atoms with E-state index in [9.17, 15) is 9.59 Å². The fraction of sp³-hybridized carbons (Fsp3) is 0.778. The van der Waals surface area contributed by atoms with Crippen LogP contribution in [0.5, 0.6) is 0 Å². The number of ether oxygens (including phenoxy) is 1. The quantitative estimate of drug-likeness (QED) is 0.808. The van der Waals surface area contributed by atoms with E-state index in [4.69, 9.17) is 4.74 Å². The molecule has 2 aliphatic rings. The van der Waals surface area contributed by atoms with Gasteiger partial charge in [-0.25, -0.2) is 4.79 Å². The number of amides is 2. The summed E-state index contributed by atoms with van der Waals surface area (Å²) in [6.07, 6.45) is 9.71. The van der Waals surface area contributed by atoms with Crippen LogP contribution in [-0.2, 0) is 9.53 Å². The first kappa shape index (κ1) is 17.8. The number of piperidine rings is 1. The predicted octanol–water partition coefficient (Wildman–Crippen LogP) is 3.25. The molecule has 0 saturated carbocycles. The maximum absolute atomic E-state index is 12.3. The van der Waals surface area contributed by atoms with E-state index in [-0.39, 0.29) is 18.0 Å². The van der Waals surface area contributed by atoms with E-state index in [0.717, 1.165) is 32.1 Å². The molecule has 0 radical (unpaired) electrons. The van der Waals surface area contributed by atoms with Crippen molar-refractivity contribution < 1.29 is 14.3 Å². The summed E-state index contributed by atoms with van der Waals surface area (Å²) in [5.74, 6) is 0.458. The van der Waals surface area contributed by atoms with Crippen LogP contribution in [-0.4, -0.2) is 41.6 Å². The average Bonchev–Trinajstić information content (AvgIpc) is 2.96. The molecule has 0 aromatic rings. The zero-order valence-corrected chi connectivity index (χ0v) is 14.6. The number of nitrogens with zero attached hydrogens (tertiary/aromatic N) is 1. The van der Waals surface area contributed by atoms with E-state index in [1.54, 1.807) is 4.90 Å². The minimum absolute atomic E-state index is 0.0432. The summed E-state index contributed by atoms with van der Waals surface area (Å²) in [7, 11) is 0. The number of likely N-dealkylation sites (tertiary alicyclic amines) is 1. The van der Waals surface area contributed by atoms with Gasteiger partial charge < -0.3 is 15.0 Å². The van der Waals surface area contributed by atoms with Crippen LogP contribution in [0.3, 0.4) is 0 Å². The topological polar surface area (TPSA) is 58.6 Å². The number of hydrogen-bond acceptors (Lipinski definition) is 3. The highest BCUT2D eigenvalue weighted by Crippen LogP contribution is 2.21. The van der Waals surface area contributed by atoms with Crippen LogP contribution < -0.4 is 5.32 Å². The predicted molar refractivity (Wildman–Crippen MR) is 90.1 cm³/mol. The zero-order chi connectivity index (χ0) is 16.9. The van der Waals surface area contributed by atoms with Gasteiger partial charge in [-0.05, 0) is 58.8 Å². The Hall–Kier alpha value is -1.52. The molecule has 1 aliphatic heterocycles. The minimum Gasteiger partial charge on any atom is -0.444 e. The van der Waals surface area contributed by atoms with Crippen molar-refractivity contribution in [2.45, 2.75) is 70.9 Å². The van der Waals surface area contributed by atoms with Crippen LogP contribution in [0, 0.1) is 5.92 Å². The maximum atomic E-state index is 12.3. The van der Waals surface area contributed by atoms with Crippen molar-refractivity contribution in [1.82, 2.24) is 10.2 Å². The fourth-order valence-corrected chi connectivity index (χ4v) is 3.18. The molecular formula is C18H30N2O3. The number of carbonyl (C=O) groups is 2. The lowest BCUT2D eigenvalue weighted by Crippen LogP contribution is -2.50. The highest BCUT2D eigenvalue weighted by atomic mass is 16.6. The van der Waals surface area contributed by atoms with Crippen LogP contribution in [0.15, 0.2) is 12.2 Å². The molecule has 2 rings (SSSR count). The lowest BCUT2D eigenvalue weighted by Gasteiger charge is -2.36. The minimum atomic E-state index is -0.489. The molecule has 2 amide bonds. The molecule has 23 heavy (non-hydrogen) atoms. The Balaban J connectivity index is 1.82. The van der Waals surface area contributed by atoms with Gasteiger partial charge in [-0.2, -0.15) is 0 Å². The summed E-state index contributed by atoms with van der Waals surface area (Å²) < 4.78 is 5.49. The van der Waals surface area contributed by atoms with E-state index in [2.05, 4.69) is 17.5 Å². The van der Waals surface area contributed by atoms with Crippen molar-refractivity contribution in [1.29, 1.82) is 0 Å². The van der Waals surface area contributed by atoms with Gasteiger partial charge in [0.2, 0.25) is 5.91 Å². The van der Waals surface area contributed by atoms with Crippen LogP contribution in [0.1, 0.15) is 59.3 Å². The molecular weight excluding hydrogens is 292 g/mol. The Labute approximate surface area is 139 Å². The first-order valence-corrected chi connectivity index (χ1v) is 8.78. The van der Waals surface area contributed by atoms with E-state index in [1.807, 2.05) is 20.8 Å². The third kappa shape index (κ3) is 5.88. The first-order valence-electron chi connectivity index (χ1n) is 8.78. The molecule has 2 atom stereocenters. The maximum Gasteiger partial charge on any atom is 0.410 e. The first-order chi connectivity index (χ1) is 10.8. The number of carbonyl (C=O) groups excluding carboxylic acids is 2. The zero-order valence-electron chi connectivity index (χ0n) is 14.6. The van der Waals surface area contributed by atoms with Gasteiger partial charge in [0.15, 0.2) is 0 Å². The van der Waals surface area contributed by atoms with Gasteiger partial charge in [0, 0.05) is 19.5 Å². The standard InChI is InChI=1S/C18H30N2O3/c1-18(2,3)23-17(22)20-11-7-6-10-15(20)13-19-16(21)12-14-8-4-5-9-14/h4,8,14-15H,5-7,9-13H2,1-3H3,(H,19,21). The second-order valence-electron chi connectivity index (χ2n) is 7.60. The molecule has 0 bridgehead atoms. The van der Waals surface area contributed by atoms with E-state index >= 15 is 0 Å². The molecule has 0 aromatic heterocycles. The molecule has 1 heterocycles. The summed E-state index contributed by atoms with van der Waals surface area (Å²) in [6, 6.07) is 0.0432. The molecule has 1 saturated heterocycles. The third-order valence-electron chi connectivity index (χ3n) is 4.35. The molecule has 2 unspecified atom stereocenters. The van der Waals surface area contributed by atoms with Gasteiger partial charge in [-0.1, -0.05) is 12.2 Å². The van der Waals surface area contributed by atoms with Gasteiger partial charge in [0.05, 0.1) is 6.04 Å². The Kier molecular flexibility index (Phi) is 6.08. The number of rotatable bonds is 4. The number of hydrogen-bond donors (Lipinski definition) is 1. The van der Waals surface area contributed by atoms with Gasteiger partial charge in [-0.3, -0.25) is 4.79 Å². The lowest BCUT2D eigenvalue weighted by atomic mass is 10.0. The monoisotopic (exact) mass is 322 g/mol. The smallest absolute Gasteiger partial charge is 0.410 e. The van der Waals surface area contributed by atoms with Crippen molar-refractivity contribution in [2.24, 2.45) is 5.92 Å². The SMILES string of the molecule is CC(C)(C)OC(=O)N1CCCCC1CNC(=O)CC1C=CCC1. The van der Waals surface area contributed by atoms with Crippen LogP contribution in [0.25, 0.3) is 0 Å². The van der Waals surface area contributed by atoms with Crippen LogP contribution in [0.2, 0.25) is 0 Å². The summed E-state index contributed by atoms with van der Waals surface area (Å²) in [5.41, 5.74) is -0.489. The molecule has 0 spiro atoms. The summed E-state index contributed by atoms with van der Waals surface area (Å²) in [4.78, 5) is 26.2. The molecule has 0 aromatic carbocycles. The number of allylic oxidation sites excluding steroid dienone is 2. The molecule has 5 heteroatoms. The number of nitrogens with one attached hydrogen (secondary N) is 1. The molecule has 1 fully saturated rings. The molecule has 1 aliphatic carbocycles. The van der Waals surface area contributed by atoms with Crippen LogP contribution in [0.4, 0.5) is 4.79 Å². The second kappa shape index (κ2) is 7.84. The highest BCUT2D eigenvalue weighted by Gasteiger charge is 2.30. The summed E-state index contributed by atoms with van der Waals surface area (Å²) in [6.45, 7) is 6.86. The van der Waals surface area contributed by atoms with E-state index in [1.165, 1.54) is 0 Å². The van der Waals surface area contributed by atoms with Crippen molar-refractivity contribution in [2.75, 3.05) is 13.1 Å². The molecule has 5 nitrogen and oxygen atoms in total. The fourth-order valence-electron chi connectivity index (χ4n) is 3.18. The van der Waals surface area contributed by atoms with Crippen molar-refractivity contribution in [3.05, 3.63) is 12.2 Å². The molecule has 1 N–H and O–H groups in total. The third-order valence-corrected chi connectivity index (χ3v) is 4.35. The van der Waals surface area contributed by atoms with Crippen molar-refractivity contribution >= 4 is 12.0 Å². The Bertz CT molecular complexity index is 454. The van der Waals surface area contributed by atoms with E-state index in [0.29, 0.717) is 25.4 Å². The summed E-state index contributed by atoms with van der Waals surface area (Å²) >= 11 is 0. The van der Waals surface area contributed by atoms with Crippen molar-refractivity contribution in [3.8, 4) is 0 Å². The Morgan fingerprint density at radius 1 is 1.26 bits per heavy atom. The average molecular weight is 322 g/mol. The van der Waals surface area contributed by atoms with E-state index < -0.39 is 5.60 Å². The lowest BCUT2D eigenvalue weighted by molar-refractivity contribution is -0.122. The van der Waals surface area contributed by atoms with Gasteiger partial charge in [0.1, 0.15) is 5.60 Å². The Morgan fingerprint density at radius 3 is 2.70 bits per heavy atom. The normalized spacial score (nSPS) is 24.6. The Morgan fingerprint density at radius 2 is 2.04 bits per heavy atom. The van der Waals surface area contributed by atoms with Crippen LogP contribution >= 0.6 is 0 Å². The largest absolute Gasteiger partial charge is 0.444 e. The van der Waals surface area contributed by atoms with Gasteiger partial charge >= 0.3 is 6.09 Å². The van der Waals surface area contributed by atoms with Crippen molar-refractivity contribution in [3.63, 3.8) is 0 Å².